The van der Waals surface area contributed by atoms with Crippen molar-refractivity contribution in [1.82, 2.24) is 0 Å². The minimum absolute atomic E-state index is 0.171. The maximum Gasteiger partial charge on any atom is 0.339 e. The first-order valence-electron chi connectivity index (χ1n) is 5.54. The lowest BCUT2D eigenvalue weighted by molar-refractivity contribution is 0.0698. The third-order valence-electron chi connectivity index (χ3n) is 2.75. The third-order valence-corrected chi connectivity index (χ3v) is 4.28. The number of carboxylic acid groups (broad SMARTS) is 1. The number of thioether (sulfide) groups is 1. The van der Waals surface area contributed by atoms with Crippen LogP contribution in [0.5, 0.6) is 0 Å². The van der Waals surface area contributed by atoms with Gasteiger partial charge in [-0.2, -0.15) is 11.8 Å². The molecule has 0 amide bonds. The molecule has 0 aromatic heterocycles. The summed E-state index contributed by atoms with van der Waals surface area (Å²) < 4.78 is 0. The Morgan fingerprint density at radius 2 is 2.35 bits per heavy atom. The zero-order valence-electron chi connectivity index (χ0n) is 9.28. The smallest absolute Gasteiger partial charge is 0.339 e. The van der Waals surface area contributed by atoms with E-state index in [0.29, 0.717) is 11.7 Å². The number of hydrogen-bond donors (Lipinski definition) is 2. The molecule has 3 nitrogen and oxygen atoms in total. The number of halogens is 1. The number of anilines is 1. The number of carboxylic acids is 1. The number of nitrogens with one attached hydrogen (secondary N) is 1. The summed E-state index contributed by atoms with van der Waals surface area (Å²) in [7, 11) is 0. The minimum atomic E-state index is -0.985. The SMILES string of the molecule is O=C(O)c1c(Cl)cccc1NC1CCCSC1. The fourth-order valence-electron chi connectivity index (χ4n) is 1.94. The normalized spacial score (nSPS) is 19.9. The summed E-state index contributed by atoms with van der Waals surface area (Å²) in [4.78, 5) is 11.2. The molecule has 2 N–H and O–H groups in total. The Kier molecular flexibility index (Phi) is 4.18. The number of benzene rings is 1. The van der Waals surface area contributed by atoms with E-state index in [1.54, 1.807) is 18.2 Å². The van der Waals surface area contributed by atoms with Gasteiger partial charge in [-0.15, -0.1) is 0 Å². The first-order chi connectivity index (χ1) is 8.18. The highest BCUT2D eigenvalue weighted by Crippen LogP contribution is 2.27. The molecule has 92 valence electrons. The Balaban J connectivity index is 2.19. The number of hydrogen-bond acceptors (Lipinski definition) is 3. The zero-order valence-corrected chi connectivity index (χ0v) is 10.9. The highest BCUT2D eigenvalue weighted by molar-refractivity contribution is 7.99. The van der Waals surface area contributed by atoms with Gasteiger partial charge in [0, 0.05) is 11.8 Å². The van der Waals surface area contributed by atoms with Gasteiger partial charge in [0.25, 0.3) is 0 Å². The van der Waals surface area contributed by atoms with Crippen LogP contribution in [0.3, 0.4) is 0 Å². The molecule has 2 rings (SSSR count). The molecule has 0 saturated carbocycles. The largest absolute Gasteiger partial charge is 0.478 e. The van der Waals surface area contributed by atoms with E-state index in [2.05, 4.69) is 5.32 Å². The Labute approximate surface area is 110 Å². The second-order valence-corrected chi connectivity index (χ2v) is 5.58. The molecule has 1 aromatic carbocycles. The fourth-order valence-corrected chi connectivity index (χ4v) is 3.26. The maximum absolute atomic E-state index is 11.2. The van der Waals surface area contributed by atoms with Crippen LogP contribution in [0.25, 0.3) is 0 Å². The molecular weight excluding hydrogens is 258 g/mol. The summed E-state index contributed by atoms with van der Waals surface area (Å²) in [5.41, 5.74) is 0.794. The average molecular weight is 272 g/mol. The van der Waals surface area contributed by atoms with Gasteiger partial charge in [0.05, 0.1) is 10.7 Å². The van der Waals surface area contributed by atoms with E-state index < -0.39 is 5.97 Å². The summed E-state index contributed by atoms with van der Waals surface area (Å²) >= 11 is 7.81. The lowest BCUT2D eigenvalue weighted by Crippen LogP contribution is -2.26. The van der Waals surface area contributed by atoms with Crippen LogP contribution in [0.4, 0.5) is 5.69 Å². The predicted molar refractivity (Wildman–Crippen MR) is 72.4 cm³/mol. The van der Waals surface area contributed by atoms with Crippen molar-refractivity contribution in [3.8, 4) is 0 Å². The molecule has 0 spiro atoms. The van der Waals surface area contributed by atoms with Crippen molar-refractivity contribution in [2.45, 2.75) is 18.9 Å². The Bertz CT molecular complexity index is 419. The van der Waals surface area contributed by atoms with Gasteiger partial charge >= 0.3 is 5.97 Å². The number of carbonyl (C=O) groups is 1. The summed E-state index contributed by atoms with van der Waals surface area (Å²) in [5, 5.41) is 12.7. The van der Waals surface area contributed by atoms with Crippen molar-refractivity contribution >= 4 is 35.0 Å². The molecule has 1 fully saturated rings. The first kappa shape index (κ1) is 12.6. The third kappa shape index (κ3) is 3.07. The lowest BCUT2D eigenvalue weighted by atomic mass is 10.1. The fraction of sp³-hybridized carbons (Fsp3) is 0.417. The Morgan fingerprint density at radius 1 is 1.53 bits per heavy atom. The van der Waals surface area contributed by atoms with Crippen LogP contribution in [0.2, 0.25) is 5.02 Å². The van der Waals surface area contributed by atoms with Crippen LogP contribution in [0, 0.1) is 0 Å². The van der Waals surface area contributed by atoms with E-state index in [9.17, 15) is 4.79 Å². The summed E-state index contributed by atoms with van der Waals surface area (Å²) in [6.07, 6.45) is 2.25. The molecule has 0 radical (unpaired) electrons. The first-order valence-corrected chi connectivity index (χ1v) is 7.08. The van der Waals surface area contributed by atoms with Gasteiger partial charge in [0.1, 0.15) is 5.56 Å². The standard InChI is InChI=1S/C12H14ClNO2S/c13-9-4-1-5-10(11(9)12(15)16)14-8-3-2-6-17-7-8/h1,4-5,8,14H,2-3,6-7H2,(H,15,16). The molecule has 1 aliphatic heterocycles. The molecule has 1 heterocycles. The maximum atomic E-state index is 11.2. The van der Waals surface area contributed by atoms with Crippen LogP contribution in [-0.2, 0) is 0 Å². The monoisotopic (exact) mass is 271 g/mol. The van der Waals surface area contributed by atoms with Crippen LogP contribution >= 0.6 is 23.4 Å². The van der Waals surface area contributed by atoms with Crippen molar-refractivity contribution < 1.29 is 9.90 Å². The Hall–Kier alpha value is -0.870. The van der Waals surface area contributed by atoms with Gasteiger partial charge in [0.15, 0.2) is 0 Å². The van der Waals surface area contributed by atoms with Gasteiger partial charge in [-0.1, -0.05) is 17.7 Å². The molecule has 17 heavy (non-hydrogen) atoms. The Morgan fingerprint density at radius 3 is 3.00 bits per heavy atom. The highest BCUT2D eigenvalue weighted by Gasteiger charge is 2.18. The van der Waals surface area contributed by atoms with Crippen LogP contribution in [0.15, 0.2) is 18.2 Å². The van der Waals surface area contributed by atoms with Gasteiger partial charge in [-0.3, -0.25) is 0 Å². The molecule has 5 heteroatoms. The van der Waals surface area contributed by atoms with Crippen molar-refractivity contribution in [2.24, 2.45) is 0 Å². The summed E-state index contributed by atoms with van der Waals surface area (Å²) in [6, 6.07) is 5.48. The van der Waals surface area contributed by atoms with Crippen LogP contribution in [0.1, 0.15) is 23.2 Å². The van der Waals surface area contributed by atoms with E-state index in [1.807, 2.05) is 11.8 Å². The van der Waals surface area contributed by atoms with E-state index >= 15 is 0 Å². The second kappa shape index (κ2) is 5.65. The van der Waals surface area contributed by atoms with Gasteiger partial charge in [0.2, 0.25) is 0 Å². The molecule has 1 aliphatic rings. The molecule has 0 aliphatic carbocycles. The summed E-state index contributed by atoms with van der Waals surface area (Å²) in [5.74, 6) is 1.23. The second-order valence-electron chi connectivity index (χ2n) is 4.03. The molecule has 1 unspecified atom stereocenters. The molecule has 1 atom stereocenters. The van der Waals surface area contributed by atoms with Gasteiger partial charge in [-0.05, 0) is 30.7 Å². The number of aromatic carboxylic acids is 1. The topological polar surface area (TPSA) is 49.3 Å². The van der Waals surface area contributed by atoms with Crippen molar-refractivity contribution in [3.63, 3.8) is 0 Å². The van der Waals surface area contributed by atoms with E-state index in [-0.39, 0.29) is 10.6 Å². The minimum Gasteiger partial charge on any atom is -0.478 e. The number of rotatable bonds is 3. The van der Waals surface area contributed by atoms with E-state index in [4.69, 9.17) is 16.7 Å². The molecule has 1 aromatic rings. The van der Waals surface area contributed by atoms with Crippen LogP contribution in [-0.4, -0.2) is 28.6 Å². The van der Waals surface area contributed by atoms with E-state index in [0.717, 1.165) is 12.2 Å². The molecular formula is C12H14ClNO2S. The summed E-state index contributed by atoms with van der Waals surface area (Å²) in [6.45, 7) is 0. The molecule has 0 bridgehead atoms. The van der Waals surface area contributed by atoms with Crippen LogP contribution < -0.4 is 5.32 Å². The highest BCUT2D eigenvalue weighted by atomic mass is 35.5. The predicted octanol–water partition coefficient (Wildman–Crippen LogP) is 3.35. The van der Waals surface area contributed by atoms with Gasteiger partial charge < -0.3 is 10.4 Å². The quantitative estimate of drug-likeness (QED) is 0.885. The zero-order chi connectivity index (χ0) is 12.3. The van der Waals surface area contributed by atoms with E-state index in [1.165, 1.54) is 12.2 Å². The molecule has 1 saturated heterocycles. The van der Waals surface area contributed by atoms with Crippen molar-refractivity contribution in [2.75, 3.05) is 16.8 Å². The lowest BCUT2D eigenvalue weighted by Gasteiger charge is -2.24. The average Bonchev–Trinajstić information content (AvgIpc) is 2.30. The van der Waals surface area contributed by atoms with Gasteiger partial charge in [-0.25, -0.2) is 4.79 Å². The van der Waals surface area contributed by atoms with Crippen molar-refractivity contribution in [1.29, 1.82) is 0 Å². The van der Waals surface area contributed by atoms with Crippen molar-refractivity contribution in [3.05, 3.63) is 28.8 Å².